The van der Waals surface area contributed by atoms with E-state index in [0.29, 0.717) is 12.4 Å². The van der Waals surface area contributed by atoms with Gasteiger partial charge in [-0.25, -0.2) is 0 Å². The first-order valence-corrected chi connectivity index (χ1v) is 6.64. The van der Waals surface area contributed by atoms with Crippen LogP contribution in [-0.2, 0) is 12.4 Å². The van der Waals surface area contributed by atoms with Crippen molar-refractivity contribution in [2.75, 3.05) is 0 Å². The Balaban J connectivity index is 2.27. The normalized spacial score (nSPS) is 10.8. The molecule has 0 radical (unpaired) electrons. The second kappa shape index (κ2) is 5.19. The molecule has 17 heavy (non-hydrogen) atoms. The molecule has 0 saturated carbocycles. The lowest BCUT2D eigenvalue weighted by atomic mass is 10.2. The largest absolute Gasteiger partial charge is 0.263 e. The monoisotopic (exact) mass is 313 g/mol. The number of aromatic nitrogens is 3. The Hall–Kier alpha value is -0.870. The van der Waals surface area contributed by atoms with Crippen molar-refractivity contribution >= 4 is 27.5 Å². The highest BCUT2D eigenvalue weighted by atomic mass is 79.9. The Bertz CT molecular complexity index is 519. The summed E-state index contributed by atoms with van der Waals surface area (Å²) in [6, 6.07) is 3.97. The van der Waals surface area contributed by atoms with E-state index in [4.69, 9.17) is 11.6 Å². The smallest absolute Gasteiger partial charge is 0.0834 e. The average Bonchev–Trinajstić information content (AvgIpc) is 2.57. The molecule has 5 heteroatoms. The number of alkyl halides is 1. The number of pyridine rings is 1. The number of halogens is 2. The Morgan fingerprint density at radius 2 is 2.12 bits per heavy atom. The van der Waals surface area contributed by atoms with Gasteiger partial charge in [-0.15, -0.1) is 11.6 Å². The molecule has 0 N–H and O–H groups in total. The molecule has 0 unspecified atom stereocenters. The highest BCUT2D eigenvalue weighted by Gasteiger charge is 2.10. The van der Waals surface area contributed by atoms with Gasteiger partial charge in [-0.3, -0.25) is 9.67 Å². The second-order valence-corrected chi connectivity index (χ2v) is 5.09. The molecule has 0 aliphatic heterocycles. The predicted molar refractivity (Wildman–Crippen MR) is 72.3 cm³/mol. The van der Waals surface area contributed by atoms with Crippen LogP contribution in [0.3, 0.4) is 0 Å². The van der Waals surface area contributed by atoms with Crippen LogP contribution in [0, 0.1) is 13.8 Å². The van der Waals surface area contributed by atoms with Crippen LogP contribution in [0.25, 0.3) is 0 Å². The number of nitrogens with zero attached hydrogens (tertiary/aromatic N) is 3. The molecule has 0 bridgehead atoms. The van der Waals surface area contributed by atoms with Crippen molar-refractivity contribution < 1.29 is 0 Å². The van der Waals surface area contributed by atoms with E-state index in [-0.39, 0.29) is 0 Å². The van der Waals surface area contributed by atoms with E-state index in [1.54, 1.807) is 6.20 Å². The maximum atomic E-state index is 5.90. The summed E-state index contributed by atoms with van der Waals surface area (Å²) >= 11 is 9.27. The zero-order chi connectivity index (χ0) is 12.4. The Labute approximate surface area is 114 Å². The van der Waals surface area contributed by atoms with E-state index in [0.717, 1.165) is 27.1 Å². The van der Waals surface area contributed by atoms with Crippen LogP contribution in [0.15, 0.2) is 22.8 Å². The summed E-state index contributed by atoms with van der Waals surface area (Å²) in [7, 11) is 0. The average molecular weight is 315 g/mol. The van der Waals surface area contributed by atoms with Crippen LogP contribution in [-0.4, -0.2) is 14.8 Å². The summed E-state index contributed by atoms with van der Waals surface area (Å²) in [5.41, 5.74) is 4.21. The second-order valence-electron chi connectivity index (χ2n) is 3.91. The van der Waals surface area contributed by atoms with Gasteiger partial charge in [0.2, 0.25) is 0 Å². The number of hydrogen-bond acceptors (Lipinski definition) is 2. The molecule has 0 aliphatic rings. The first kappa shape index (κ1) is 12.6. The van der Waals surface area contributed by atoms with Crippen LogP contribution in [0.2, 0.25) is 0 Å². The van der Waals surface area contributed by atoms with Crippen molar-refractivity contribution in [3.05, 3.63) is 45.4 Å². The minimum atomic E-state index is 0.505. The van der Waals surface area contributed by atoms with E-state index in [9.17, 15) is 0 Å². The highest BCUT2D eigenvalue weighted by Crippen LogP contribution is 2.16. The van der Waals surface area contributed by atoms with Gasteiger partial charge in [0.15, 0.2) is 0 Å². The molecular weight excluding hydrogens is 302 g/mol. The molecule has 0 aliphatic carbocycles. The molecule has 0 atom stereocenters. The zero-order valence-electron chi connectivity index (χ0n) is 9.74. The Morgan fingerprint density at radius 1 is 1.35 bits per heavy atom. The lowest BCUT2D eigenvalue weighted by molar-refractivity contribution is 0.646. The quantitative estimate of drug-likeness (QED) is 0.813. The maximum Gasteiger partial charge on any atom is 0.0834 e. The van der Waals surface area contributed by atoms with Gasteiger partial charge in [-0.1, -0.05) is 0 Å². The lowest BCUT2D eigenvalue weighted by Crippen LogP contribution is -2.05. The molecular formula is C12H13BrClN3. The van der Waals surface area contributed by atoms with Crippen molar-refractivity contribution in [3.63, 3.8) is 0 Å². The van der Waals surface area contributed by atoms with Crippen LogP contribution in [0.4, 0.5) is 0 Å². The van der Waals surface area contributed by atoms with Gasteiger partial charge in [0.1, 0.15) is 0 Å². The van der Waals surface area contributed by atoms with E-state index in [2.05, 4.69) is 26.0 Å². The van der Waals surface area contributed by atoms with Crippen molar-refractivity contribution in [2.24, 2.45) is 0 Å². The summed E-state index contributed by atoms with van der Waals surface area (Å²) in [6.45, 7) is 4.70. The Kier molecular flexibility index (Phi) is 3.84. The van der Waals surface area contributed by atoms with Crippen LogP contribution < -0.4 is 0 Å². The molecule has 2 rings (SSSR count). The van der Waals surface area contributed by atoms with Crippen molar-refractivity contribution in [1.82, 2.24) is 14.8 Å². The molecule has 0 spiro atoms. The standard InChI is InChI=1S/C12H13BrClN3/c1-8-12(5-14)9(2)17(16-8)7-11-4-3-10(13)6-15-11/h3-4,6H,5,7H2,1-2H3. The fourth-order valence-electron chi connectivity index (χ4n) is 1.73. The zero-order valence-corrected chi connectivity index (χ0v) is 12.1. The Morgan fingerprint density at radius 3 is 2.65 bits per heavy atom. The molecule has 0 amide bonds. The lowest BCUT2D eigenvalue weighted by Gasteiger charge is -2.04. The topological polar surface area (TPSA) is 30.7 Å². The summed E-state index contributed by atoms with van der Waals surface area (Å²) < 4.78 is 2.93. The van der Waals surface area contributed by atoms with Crippen LogP contribution in [0.5, 0.6) is 0 Å². The summed E-state index contributed by atoms with van der Waals surface area (Å²) in [6.07, 6.45) is 1.80. The third-order valence-electron chi connectivity index (χ3n) is 2.77. The minimum absolute atomic E-state index is 0.505. The fraction of sp³-hybridized carbons (Fsp3) is 0.333. The van der Waals surface area contributed by atoms with Gasteiger partial charge < -0.3 is 0 Å². The highest BCUT2D eigenvalue weighted by molar-refractivity contribution is 9.10. The first-order valence-electron chi connectivity index (χ1n) is 5.31. The minimum Gasteiger partial charge on any atom is -0.263 e. The molecule has 90 valence electrons. The van der Waals surface area contributed by atoms with Gasteiger partial charge in [-0.2, -0.15) is 5.10 Å². The number of hydrogen-bond donors (Lipinski definition) is 0. The molecule has 3 nitrogen and oxygen atoms in total. The van der Waals surface area contributed by atoms with Crippen LogP contribution in [0.1, 0.15) is 22.6 Å². The molecule has 0 aromatic carbocycles. The van der Waals surface area contributed by atoms with Crippen LogP contribution >= 0.6 is 27.5 Å². The first-order chi connectivity index (χ1) is 8.11. The summed E-state index contributed by atoms with van der Waals surface area (Å²) in [4.78, 5) is 4.34. The van der Waals surface area contributed by atoms with Gasteiger partial charge >= 0.3 is 0 Å². The molecule has 0 fully saturated rings. The van der Waals surface area contributed by atoms with E-state index < -0.39 is 0 Å². The van der Waals surface area contributed by atoms with Gasteiger partial charge in [0, 0.05) is 21.9 Å². The predicted octanol–water partition coefficient (Wildman–Crippen LogP) is 3.44. The van der Waals surface area contributed by atoms with E-state index in [1.807, 2.05) is 30.7 Å². The third kappa shape index (κ3) is 2.69. The van der Waals surface area contributed by atoms with Gasteiger partial charge in [0.25, 0.3) is 0 Å². The maximum absolute atomic E-state index is 5.90. The molecule has 2 aromatic heterocycles. The summed E-state index contributed by atoms with van der Waals surface area (Å²) in [5, 5.41) is 4.48. The molecule has 2 heterocycles. The van der Waals surface area contributed by atoms with E-state index >= 15 is 0 Å². The third-order valence-corrected chi connectivity index (χ3v) is 3.50. The van der Waals surface area contributed by atoms with Gasteiger partial charge in [-0.05, 0) is 41.9 Å². The van der Waals surface area contributed by atoms with E-state index in [1.165, 1.54) is 0 Å². The molecule has 0 saturated heterocycles. The number of aryl methyl sites for hydroxylation is 1. The van der Waals surface area contributed by atoms with Gasteiger partial charge in [0.05, 0.1) is 23.8 Å². The fourth-order valence-corrected chi connectivity index (χ4v) is 2.36. The number of rotatable bonds is 3. The van der Waals surface area contributed by atoms with Crippen molar-refractivity contribution in [1.29, 1.82) is 0 Å². The molecule has 2 aromatic rings. The summed E-state index contributed by atoms with van der Waals surface area (Å²) in [5.74, 6) is 0.505. The van der Waals surface area contributed by atoms with Crippen molar-refractivity contribution in [2.45, 2.75) is 26.3 Å². The SMILES string of the molecule is Cc1nn(Cc2ccc(Br)cn2)c(C)c1CCl. The van der Waals surface area contributed by atoms with Crippen molar-refractivity contribution in [3.8, 4) is 0 Å².